The molecule has 0 amide bonds. The van der Waals surface area contributed by atoms with E-state index >= 15 is 0 Å². The maximum absolute atomic E-state index is 9.36. The average molecular weight is 220 g/mol. The van der Waals surface area contributed by atoms with Crippen molar-refractivity contribution in [3.05, 3.63) is 34.6 Å². The second kappa shape index (κ2) is 4.70. The van der Waals surface area contributed by atoms with Crippen molar-refractivity contribution >= 4 is 23.2 Å². The zero-order valence-electron chi connectivity index (χ0n) is 7.24. The van der Waals surface area contributed by atoms with Crippen LogP contribution in [0.1, 0.15) is 18.7 Å². The van der Waals surface area contributed by atoms with Gasteiger partial charge in [-0.15, -0.1) is 0 Å². The van der Waals surface area contributed by atoms with Crippen LogP contribution in [0.5, 0.6) is 0 Å². The van der Waals surface area contributed by atoms with Crippen LogP contribution in [0.3, 0.4) is 0 Å². The molecule has 1 rings (SSSR count). The predicted octanol–water partition coefficient (Wildman–Crippen LogP) is 2.86. The number of nitrogens with zero attached hydrogens (tertiary/aromatic N) is 1. The molecule has 0 radical (unpaired) electrons. The minimum Gasteiger partial charge on any atom is -0.387 e. The molecule has 1 aromatic rings. The van der Waals surface area contributed by atoms with Crippen molar-refractivity contribution < 1.29 is 5.11 Å². The van der Waals surface area contributed by atoms with Gasteiger partial charge in [0.05, 0.1) is 12.6 Å². The Morgan fingerprint density at radius 1 is 1.77 bits per heavy atom. The molecule has 1 heterocycles. The monoisotopic (exact) mass is 219 g/mol. The SMILES string of the molecule is CC(O)c1cccn1CC(Cl)=CCl. The molecular weight excluding hydrogens is 209 g/mol. The summed E-state index contributed by atoms with van der Waals surface area (Å²) < 4.78 is 1.85. The van der Waals surface area contributed by atoms with Gasteiger partial charge in [0.1, 0.15) is 0 Å². The van der Waals surface area contributed by atoms with Gasteiger partial charge in [-0.25, -0.2) is 0 Å². The van der Waals surface area contributed by atoms with E-state index in [1.807, 2.05) is 22.9 Å². The highest BCUT2D eigenvalue weighted by atomic mass is 35.5. The summed E-state index contributed by atoms with van der Waals surface area (Å²) in [5.74, 6) is 0. The maximum Gasteiger partial charge on any atom is 0.0911 e. The lowest BCUT2D eigenvalue weighted by molar-refractivity contribution is 0.190. The highest BCUT2D eigenvalue weighted by molar-refractivity contribution is 6.36. The first-order valence-corrected chi connectivity index (χ1v) is 4.74. The molecule has 0 fully saturated rings. The van der Waals surface area contributed by atoms with E-state index in [9.17, 15) is 5.11 Å². The van der Waals surface area contributed by atoms with Gasteiger partial charge >= 0.3 is 0 Å². The summed E-state index contributed by atoms with van der Waals surface area (Å²) in [6.07, 6.45) is 1.36. The van der Waals surface area contributed by atoms with Gasteiger partial charge in [-0.1, -0.05) is 23.2 Å². The smallest absolute Gasteiger partial charge is 0.0911 e. The van der Waals surface area contributed by atoms with E-state index in [0.717, 1.165) is 5.69 Å². The Labute approximate surface area is 87.4 Å². The summed E-state index contributed by atoms with van der Waals surface area (Å²) >= 11 is 11.2. The van der Waals surface area contributed by atoms with Crippen LogP contribution < -0.4 is 0 Å². The van der Waals surface area contributed by atoms with Gasteiger partial charge in [0.2, 0.25) is 0 Å². The van der Waals surface area contributed by atoms with Crippen LogP contribution in [-0.4, -0.2) is 9.67 Å². The number of aliphatic hydroxyl groups excluding tert-OH is 1. The summed E-state index contributed by atoms with van der Waals surface area (Å²) in [4.78, 5) is 0. The highest BCUT2D eigenvalue weighted by Gasteiger charge is 2.06. The summed E-state index contributed by atoms with van der Waals surface area (Å²) in [6.45, 7) is 2.21. The molecule has 0 aliphatic heterocycles. The lowest BCUT2D eigenvalue weighted by Crippen LogP contribution is -2.04. The van der Waals surface area contributed by atoms with E-state index in [4.69, 9.17) is 23.2 Å². The Morgan fingerprint density at radius 2 is 2.46 bits per heavy atom. The molecule has 2 nitrogen and oxygen atoms in total. The first kappa shape index (κ1) is 10.6. The average Bonchev–Trinajstić information content (AvgIpc) is 2.52. The van der Waals surface area contributed by atoms with Crippen molar-refractivity contribution in [2.24, 2.45) is 0 Å². The fourth-order valence-electron chi connectivity index (χ4n) is 1.15. The molecule has 1 aromatic heterocycles. The van der Waals surface area contributed by atoms with Crippen LogP contribution >= 0.6 is 23.2 Å². The van der Waals surface area contributed by atoms with Gasteiger partial charge < -0.3 is 9.67 Å². The van der Waals surface area contributed by atoms with Gasteiger partial charge in [0, 0.05) is 22.5 Å². The third-order valence-electron chi connectivity index (χ3n) is 1.73. The number of hydrogen-bond donors (Lipinski definition) is 1. The van der Waals surface area contributed by atoms with Gasteiger partial charge in [-0.2, -0.15) is 0 Å². The second-order valence-corrected chi connectivity index (χ2v) is 3.50. The van der Waals surface area contributed by atoms with Crippen molar-refractivity contribution in [1.29, 1.82) is 0 Å². The predicted molar refractivity (Wildman–Crippen MR) is 54.9 cm³/mol. The Morgan fingerprint density at radius 3 is 3.00 bits per heavy atom. The van der Waals surface area contributed by atoms with Crippen molar-refractivity contribution in [2.75, 3.05) is 0 Å². The van der Waals surface area contributed by atoms with E-state index in [2.05, 4.69) is 0 Å². The van der Waals surface area contributed by atoms with Crippen molar-refractivity contribution in [3.63, 3.8) is 0 Å². The van der Waals surface area contributed by atoms with Gasteiger partial charge in [-0.05, 0) is 19.1 Å². The van der Waals surface area contributed by atoms with E-state index in [1.54, 1.807) is 6.92 Å². The number of hydrogen-bond acceptors (Lipinski definition) is 1. The van der Waals surface area contributed by atoms with Gasteiger partial charge in [0.15, 0.2) is 0 Å². The number of rotatable bonds is 3. The van der Waals surface area contributed by atoms with E-state index in [-0.39, 0.29) is 0 Å². The maximum atomic E-state index is 9.36. The molecule has 0 saturated carbocycles. The van der Waals surface area contributed by atoms with E-state index in [1.165, 1.54) is 5.54 Å². The van der Waals surface area contributed by atoms with Gasteiger partial charge in [0.25, 0.3) is 0 Å². The zero-order valence-corrected chi connectivity index (χ0v) is 8.76. The molecule has 1 unspecified atom stereocenters. The fraction of sp³-hybridized carbons (Fsp3) is 0.333. The van der Waals surface area contributed by atoms with Crippen LogP contribution in [0.2, 0.25) is 0 Å². The van der Waals surface area contributed by atoms with E-state index < -0.39 is 6.10 Å². The molecule has 1 atom stereocenters. The van der Waals surface area contributed by atoms with Crippen LogP contribution in [0, 0.1) is 0 Å². The van der Waals surface area contributed by atoms with Crippen LogP contribution in [-0.2, 0) is 6.54 Å². The molecule has 0 bridgehead atoms. The molecule has 13 heavy (non-hydrogen) atoms. The molecule has 0 spiro atoms. The molecular formula is C9H11Cl2NO. The summed E-state index contributed by atoms with van der Waals surface area (Å²) in [5, 5.41) is 9.90. The molecule has 0 aliphatic carbocycles. The van der Waals surface area contributed by atoms with Gasteiger partial charge in [-0.3, -0.25) is 0 Å². The third kappa shape index (κ3) is 2.76. The van der Waals surface area contributed by atoms with Crippen molar-refractivity contribution in [2.45, 2.75) is 19.6 Å². The Hall–Kier alpha value is -0.440. The van der Waals surface area contributed by atoms with E-state index in [0.29, 0.717) is 11.6 Å². The molecule has 0 saturated heterocycles. The third-order valence-corrected chi connectivity index (χ3v) is 2.34. The van der Waals surface area contributed by atoms with Crippen LogP contribution in [0.25, 0.3) is 0 Å². The Kier molecular flexibility index (Phi) is 3.85. The van der Waals surface area contributed by atoms with Crippen molar-refractivity contribution in [1.82, 2.24) is 4.57 Å². The lowest BCUT2D eigenvalue weighted by Gasteiger charge is -2.09. The number of aromatic nitrogens is 1. The van der Waals surface area contributed by atoms with Crippen LogP contribution in [0.15, 0.2) is 28.9 Å². The summed E-state index contributed by atoms with van der Waals surface area (Å²) in [7, 11) is 0. The molecule has 4 heteroatoms. The van der Waals surface area contributed by atoms with Crippen LogP contribution in [0.4, 0.5) is 0 Å². The first-order chi connectivity index (χ1) is 6.15. The first-order valence-electron chi connectivity index (χ1n) is 3.93. The standard InChI is InChI=1S/C9H11Cl2NO/c1-7(13)9-3-2-4-12(9)6-8(11)5-10/h2-5,7,13H,6H2,1H3. The molecule has 1 N–H and O–H groups in total. The summed E-state index contributed by atoms with van der Waals surface area (Å²) in [6, 6.07) is 3.71. The topological polar surface area (TPSA) is 25.2 Å². The molecule has 0 aliphatic rings. The minimum absolute atomic E-state index is 0.491. The highest BCUT2D eigenvalue weighted by Crippen LogP contribution is 2.16. The minimum atomic E-state index is -0.491. The number of halogens is 2. The zero-order chi connectivity index (χ0) is 9.84. The fourth-order valence-corrected chi connectivity index (χ4v) is 1.35. The quantitative estimate of drug-likeness (QED) is 0.832. The number of aliphatic hydroxyl groups is 1. The van der Waals surface area contributed by atoms with Crippen molar-refractivity contribution in [3.8, 4) is 0 Å². The lowest BCUT2D eigenvalue weighted by atomic mass is 10.3. The summed E-state index contributed by atoms with van der Waals surface area (Å²) in [5.41, 5.74) is 2.16. The number of allylic oxidation sites excluding steroid dienone is 1. The largest absolute Gasteiger partial charge is 0.387 e. The molecule has 0 aromatic carbocycles. The second-order valence-electron chi connectivity index (χ2n) is 2.79. The normalized spacial score (nSPS) is 14.6. The Bertz CT molecular complexity index is 304. The Balaban J connectivity index is 2.82. The molecule has 72 valence electrons.